The first-order valence-corrected chi connectivity index (χ1v) is 8.03. The number of ether oxygens (including phenoxy) is 1. The van der Waals surface area contributed by atoms with Crippen LogP contribution in [0.3, 0.4) is 0 Å². The molecule has 1 aromatic heterocycles. The highest BCUT2D eigenvalue weighted by molar-refractivity contribution is 5.70. The second-order valence-corrected chi connectivity index (χ2v) is 5.62. The number of aryl methyl sites for hydroxylation is 1. The minimum Gasteiger partial charge on any atom is -0.494 e. The summed E-state index contributed by atoms with van der Waals surface area (Å²) in [4.78, 5) is 14.5. The Bertz CT molecular complexity index is 739. The summed E-state index contributed by atoms with van der Waals surface area (Å²) in [6, 6.07) is 11.3. The van der Waals surface area contributed by atoms with Gasteiger partial charge in [-0.1, -0.05) is 38.3 Å². The predicted molar refractivity (Wildman–Crippen MR) is 91.6 cm³/mol. The molecule has 1 heterocycles. The molecule has 0 radical (unpaired) electrons. The third-order valence-corrected chi connectivity index (χ3v) is 3.71. The predicted octanol–water partition coefficient (Wildman–Crippen LogP) is 4.18. The van der Waals surface area contributed by atoms with Crippen molar-refractivity contribution in [1.29, 1.82) is 5.26 Å². The fourth-order valence-electron chi connectivity index (χ4n) is 2.48. The van der Waals surface area contributed by atoms with Gasteiger partial charge in [-0.25, -0.2) is 0 Å². The fourth-order valence-corrected chi connectivity index (χ4v) is 2.48. The number of hydrogen-bond acceptors (Lipinski definition) is 3. The van der Waals surface area contributed by atoms with Crippen LogP contribution in [0.1, 0.15) is 43.9 Å². The molecule has 0 aliphatic carbocycles. The number of nitrogens with one attached hydrogen (secondary N) is 1. The summed E-state index contributed by atoms with van der Waals surface area (Å²) in [6.45, 7) is 4.71. The minimum atomic E-state index is -0.348. The van der Waals surface area contributed by atoms with Gasteiger partial charge in [-0.2, -0.15) is 5.26 Å². The summed E-state index contributed by atoms with van der Waals surface area (Å²) in [5.74, 6) is 0.810. The lowest BCUT2D eigenvalue weighted by atomic mass is 10.0. The average Bonchev–Trinajstić information content (AvgIpc) is 2.54. The molecule has 0 saturated heterocycles. The molecule has 0 aliphatic rings. The van der Waals surface area contributed by atoms with Gasteiger partial charge in [0.05, 0.1) is 6.61 Å². The number of rotatable bonds is 7. The van der Waals surface area contributed by atoms with Crippen LogP contribution >= 0.6 is 0 Å². The van der Waals surface area contributed by atoms with Crippen LogP contribution in [0.4, 0.5) is 0 Å². The zero-order valence-electron chi connectivity index (χ0n) is 13.7. The lowest BCUT2D eigenvalue weighted by molar-refractivity contribution is 0.305. The van der Waals surface area contributed by atoms with Crippen molar-refractivity contribution in [2.75, 3.05) is 6.61 Å². The third-order valence-electron chi connectivity index (χ3n) is 3.71. The Morgan fingerprint density at radius 1 is 1.17 bits per heavy atom. The van der Waals surface area contributed by atoms with E-state index in [1.807, 2.05) is 36.4 Å². The Balaban J connectivity index is 2.11. The number of nitriles is 1. The third kappa shape index (κ3) is 4.46. The van der Waals surface area contributed by atoms with Crippen molar-refractivity contribution in [3.63, 3.8) is 0 Å². The maximum atomic E-state index is 11.9. The Morgan fingerprint density at radius 2 is 1.91 bits per heavy atom. The van der Waals surface area contributed by atoms with Crippen molar-refractivity contribution in [3.8, 4) is 22.9 Å². The molecular weight excluding hydrogens is 288 g/mol. The molecule has 4 nitrogen and oxygen atoms in total. The summed E-state index contributed by atoms with van der Waals surface area (Å²) in [5.41, 5.74) is 2.03. The van der Waals surface area contributed by atoms with E-state index < -0.39 is 0 Å². The lowest BCUT2D eigenvalue weighted by Crippen LogP contribution is -2.12. The summed E-state index contributed by atoms with van der Waals surface area (Å²) >= 11 is 0. The van der Waals surface area contributed by atoms with Crippen LogP contribution in [0.5, 0.6) is 5.75 Å². The highest BCUT2D eigenvalue weighted by Gasteiger charge is 2.10. The Hall–Kier alpha value is -2.54. The van der Waals surface area contributed by atoms with E-state index in [0.717, 1.165) is 23.4 Å². The van der Waals surface area contributed by atoms with E-state index in [2.05, 4.69) is 11.9 Å². The van der Waals surface area contributed by atoms with Gasteiger partial charge in [0.25, 0.3) is 5.56 Å². The first-order chi connectivity index (χ1) is 11.2. The van der Waals surface area contributed by atoms with Gasteiger partial charge in [0.2, 0.25) is 0 Å². The van der Waals surface area contributed by atoms with Crippen LogP contribution in [0, 0.1) is 18.3 Å². The second-order valence-electron chi connectivity index (χ2n) is 5.62. The van der Waals surface area contributed by atoms with Crippen LogP contribution in [-0.2, 0) is 0 Å². The van der Waals surface area contributed by atoms with Crippen LogP contribution in [-0.4, -0.2) is 11.6 Å². The van der Waals surface area contributed by atoms with Crippen molar-refractivity contribution in [3.05, 3.63) is 51.9 Å². The van der Waals surface area contributed by atoms with E-state index in [9.17, 15) is 10.1 Å². The van der Waals surface area contributed by atoms with Gasteiger partial charge < -0.3 is 9.72 Å². The standard InChI is InChI=1S/C19H22N2O2/c1-3-4-5-6-11-23-16-9-7-15(8-10-16)17-12-14(2)21-19(22)18(17)13-20/h7-10,12H,3-6,11H2,1-2H3,(H,21,22). The fraction of sp³-hybridized carbons (Fsp3) is 0.368. The van der Waals surface area contributed by atoms with Gasteiger partial charge >= 0.3 is 0 Å². The zero-order valence-corrected chi connectivity index (χ0v) is 13.7. The van der Waals surface area contributed by atoms with Crippen molar-refractivity contribution < 1.29 is 4.74 Å². The molecule has 2 aromatic rings. The molecule has 0 bridgehead atoms. The van der Waals surface area contributed by atoms with Crippen molar-refractivity contribution in [2.24, 2.45) is 0 Å². The summed E-state index contributed by atoms with van der Waals surface area (Å²) < 4.78 is 5.71. The van der Waals surface area contributed by atoms with E-state index in [0.29, 0.717) is 12.2 Å². The molecule has 1 N–H and O–H groups in total. The number of hydrogen-bond donors (Lipinski definition) is 1. The zero-order chi connectivity index (χ0) is 16.7. The van der Waals surface area contributed by atoms with Crippen molar-refractivity contribution >= 4 is 0 Å². The maximum Gasteiger partial charge on any atom is 0.266 e. The molecular formula is C19H22N2O2. The van der Waals surface area contributed by atoms with Gasteiger partial charge in [-0.3, -0.25) is 4.79 Å². The number of aromatic nitrogens is 1. The molecule has 120 valence electrons. The van der Waals surface area contributed by atoms with E-state index in [4.69, 9.17) is 4.74 Å². The van der Waals surface area contributed by atoms with Crippen molar-refractivity contribution in [2.45, 2.75) is 39.5 Å². The Kier molecular flexibility index (Phi) is 5.99. The molecule has 0 spiro atoms. The molecule has 1 aromatic carbocycles. The van der Waals surface area contributed by atoms with E-state index >= 15 is 0 Å². The monoisotopic (exact) mass is 310 g/mol. The van der Waals surface area contributed by atoms with Gasteiger partial charge in [0.1, 0.15) is 17.4 Å². The molecule has 23 heavy (non-hydrogen) atoms. The smallest absolute Gasteiger partial charge is 0.266 e. The first-order valence-electron chi connectivity index (χ1n) is 8.03. The molecule has 0 amide bonds. The Labute approximate surface area is 136 Å². The molecule has 4 heteroatoms. The Morgan fingerprint density at radius 3 is 2.57 bits per heavy atom. The van der Waals surface area contributed by atoms with Gasteiger partial charge in [-0.05, 0) is 37.1 Å². The molecule has 0 fully saturated rings. The average molecular weight is 310 g/mol. The van der Waals surface area contributed by atoms with Crippen LogP contribution in [0.15, 0.2) is 35.1 Å². The molecule has 0 saturated carbocycles. The summed E-state index contributed by atoms with van der Waals surface area (Å²) in [6.07, 6.45) is 4.69. The lowest BCUT2D eigenvalue weighted by Gasteiger charge is -2.08. The second kappa shape index (κ2) is 8.19. The van der Waals surface area contributed by atoms with Crippen LogP contribution < -0.4 is 10.3 Å². The maximum absolute atomic E-state index is 11.9. The van der Waals surface area contributed by atoms with Gasteiger partial charge in [0.15, 0.2) is 0 Å². The topological polar surface area (TPSA) is 65.9 Å². The highest BCUT2D eigenvalue weighted by Crippen LogP contribution is 2.24. The van der Waals surface area contributed by atoms with Crippen LogP contribution in [0.2, 0.25) is 0 Å². The number of H-pyrrole nitrogens is 1. The number of benzene rings is 1. The minimum absolute atomic E-state index is 0.142. The summed E-state index contributed by atoms with van der Waals surface area (Å²) in [7, 11) is 0. The normalized spacial score (nSPS) is 10.3. The van der Waals surface area contributed by atoms with Crippen LogP contribution in [0.25, 0.3) is 11.1 Å². The molecule has 0 atom stereocenters. The number of nitrogens with zero attached hydrogens (tertiary/aromatic N) is 1. The molecule has 2 rings (SSSR count). The van der Waals surface area contributed by atoms with E-state index in [1.165, 1.54) is 19.3 Å². The molecule has 0 unspecified atom stereocenters. The SMILES string of the molecule is CCCCCCOc1ccc(-c2cc(C)[nH]c(=O)c2C#N)cc1. The number of unbranched alkanes of at least 4 members (excludes halogenated alkanes) is 3. The summed E-state index contributed by atoms with van der Waals surface area (Å²) in [5, 5.41) is 9.20. The van der Waals surface area contributed by atoms with E-state index in [-0.39, 0.29) is 11.1 Å². The first kappa shape index (κ1) is 16.8. The highest BCUT2D eigenvalue weighted by atomic mass is 16.5. The van der Waals surface area contributed by atoms with Crippen molar-refractivity contribution in [1.82, 2.24) is 4.98 Å². The number of pyridine rings is 1. The quantitative estimate of drug-likeness (QED) is 0.780. The molecule has 0 aliphatic heterocycles. The largest absolute Gasteiger partial charge is 0.494 e. The van der Waals surface area contributed by atoms with Gasteiger partial charge in [-0.15, -0.1) is 0 Å². The van der Waals surface area contributed by atoms with Gasteiger partial charge in [0, 0.05) is 11.3 Å². The van der Waals surface area contributed by atoms with E-state index in [1.54, 1.807) is 6.92 Å². The number of aromatic amines is 1.